The number of hydrogen-bond acceptors (Lipinski definition) is 6. The summed E-state index contributed by atoms with van der Waals surface area (Å²) in [5.41, 5.74) is 2.84. The van der Waals surface area contributed by atoms with Gasteiger partial charge >= 0.3 is 0 Å². The number of amides is 1. The molecule has 1 aliphatic rings. The standard InChI is InChI=1S/C19H20N4O2S/c24-18(14-26-19-21-16-3-1-2-4-17(16)25-19)23-11-9-22(10-12-23)13-15-5-7-20-8-6-15/h1-8H,9-14H2. The van der Waals surface area contributed by atoms with Crippen molar-refractivity contribution >= 4 is 28.8 Å². The first-order valence-electron chi connectivity index (χ1n) is 8.65. The van der Waals surface area contributed by atoms with Gasteiger partial charge in [-0.1, -0.05) is 23.9 Å². The summed E-state index contributed by atoms with van der Waals surface area (Å²) in [6.45, 7) is 4.21. The lowest BCUT2D eigenvalue weighted by Crippen LogP contribution is -2.48. The Kier molecular flexibility index (Phi) is 5.17. The van der Waals surface area contributed by atoms with Gasteiger partial charge in [-0.3, -0.25) is 14.7 Å². The Morgan fingerprint density at radius 3 is 2.62 bits per heavy atom. The van der Waals surface area contributed by atoms with Crippen molar-refractivity contribution in [3.63, 3.8) is 0 Å². The van der Waals surface area contributed by atoms with Gasteiger partial charge in [0.05, 0.1) is 5.75 Å². The molecule has 2 aromatic heterocycles. The Bertz CT molecular complexity index is 842. The van der Waals surface area contributed by atoms with Gasteiger partial charge in [-0.2, -0.15) is 0 Å². The quantitative estimate of drug-likeness (QED) is 0.645. The molecule has 0 spiro atoms. The van der Waals surface area contributed by atoms with Crippen LogP contribution in [-0.4, -0.2) is 57.6 Å². The van der Waals surface area contributed by atoms with Crippen LogP contribution in [0.25, 0.3) is 11.1 Å². The molecule has 6 nitrogen and oxygen atoms in total. The summed E-state index contributed by atoms with van der Waals surface area (Å²) in [5, 5.41) is 0.552. The van der Waals surface area contributed by atoms with E-state index in [1.807, 2.05) is 53.7 Å². The highest BCUT2D eigenvalue weighted by atomic mass is 32.2. The average molecular weight is 368 g/mol. The molecule has 1 saturated heterocycles. The van der Waals surface area contributed by atoms with Crippen LogP contribution in [-0.2, 0) is 11.3 Å². The number of nitrogens with zero attached hydrogens (tertiary/aromatic N) is 4. The highest BCUT2D eigenvalue weighted by molar-refractivity contribution is 7.99. The minimum Gasteiger partial charge on any atom is -0.431 e. The number of rotatable bonds is 5. The van der Waals surface area contributed by atoms with Crippen molar-refractivity contribution in [1.29, 1.82) is 0 Å². The van der Waals surface area contributed by atoms with Crippen LogP contribution in [0.15, 0.2) is 58.4 Å². The van der Waals surface area contributed by atoms with Gasteiger partial charge in [0.15, 0.2) is 5.58 Å². The predicted octanol–water partition coefficient (Wildman–Crippen LogP) is 2.66. The number of carbonyl (C=O) groups excluding carboxylic acids is 1. The van der Waals surface area contributed by atoms with Crippen molar-refractivity contribution in [3.05, 3.63) is 54.4 Å². The third kappa shape index (κ3) is 4.05. The van der Waals surface area contributed by atoms with Gasteiger partial charge in [0.2, 0.25) is 5.91 Å². The number of carbonyl (C=O) groups is 1. The Balaban J connectivity index is 1.25. The molecule has 0 aliphatic carbocycles. The van der Waals surface area contributed by atoms with Crippen LogP contribution in [0.5, 0.6) is 0 Å². The summed E-state index contributed by atoms with van der Waals surface area (Å²) in [6.07, 6.45) is 3.64. The van der Waals surface area contributed by atoms with Crippen molar-refractivity contribution in [2.45, 2.75) is 11.8 Å². The van der Waals surface area contributed by atoms with E-state index < -0.39 is 0 Å². The highest BCUT2D eigenvalue weighted by Crippen LogP contribution is 2.23. The molecule has 1 aliphatic heterocycles. The van der Waals surface area contributed by atoms with Crippen molar-refractivity contribution in [1.82, 2.24) is 19.8 Å². The third-order valence-electron chi connectivity index (χ3n) is 4.47. The first-order valence-corrected chi connectivity index (χ1v) is 9.64. The first kappa shape index (κ1) is 17.1. The van der Waals surface area contributed by atoms with Crippen LogP contribution in [0.1, 0.15) is 5.56 Å². The van der Waals surface area contributed by atoms with E-state index in [1.54, 1.807) is 0 Å². The molecule has 0 atom stereocenters. The predicted molar refractivity (Wildman–Crippen MR) is 101 cm³/mol. The van der Waals surface area contributed by atoms with Crippen LogP contribution >= 0.6 is 11.8 Å². The molecule has 7 heteroatoms. The zero-order valence-electron chi connectivity index (χ0n) is 14.4. The molecule has 1 aromatic carbocycles. The smallest absolute Gasteiger partial charge is 0.257 e. The molecule has 3 aromatic rings. The van der Waals surface area contributed by atoms with E-state index in [0.717, 1.165) is 43.8 Å². The molecule has 0 bridgehead atoms. The molecule has 26 heavy (non-hydrogen) atoms. The van der Waals surface area contributed by atoms with Crippen LogP contribution in [0.3, 0.4) is 0 Å². The summed E-state index contributed by atoms with van der Waals surface area (Å²) in [4.78, 5) is 25.2. The number of para-hydroxylation sites is 2. The largest absolute Gasteiger partial charge is 0.431 e. The number of pyridine rings is 1. The Morgan fingerprint density at radius 2 is 1.85 bits per heavy atom. The van der Waals surface area contributed by atoms with Crippen LogP contribution in [0, 0.1) is 0 Å². The van der Waals surface area contributed by atoms with E-state index in [1.165, 1.54) is 17.3 Å². The van der Waals surface area contributed by atoms with Crippen molar-refractivity contribution in [2.75, 3.05) is 31.9 Å². The molecule has 1 amide bonds. The third-order valence-corrected chi connectivity index (χ3v) is 5.29. The molecule has 0 N–H and O–H groups in total. The van der Waals surface area contributed by atoms with Crippen molar-refractivity contribution in [2.24, 2.45) is 0 Å². The fraction of sp³-hybridized carbons (Fsp3) is 0.316. The Morgan fingerprint density at radius 1 is 1.08 bits per heavy atom. The lowest BCUT2D eigenvalue weighted by atomic mass is 10.2. The van der Waals surface area contributed by atoms with Gasteiger partial charge in [0.1, 0.15) is 5.52 Å². The number of hydrogen-bond donors (Lipinski definition) is 0. The second-order valence-electron chi connectivity index (χ2n) is 6.25. The van der Waals surface area contributed by atoms with Gasteiger partial charge in [-0.05, 0) is 29.8 Å². The zero-order chi connectivity index (χ0) is 17.8. The van der Waals surface area contributed by atoms with E-state index >= 15 is 0 Å². The van der Waals surface area contributed by atoms with Gasteiger partial charge in [0, 0.05) is 45.1 Å². The van der Waals surface area contributed by atoms with Crippen molar-refractivity contribution < 1.29 is 9.21 Å². The molecule has 0 unspecified atom stereocenters. The minimum absolute atomic E-state index is 0.140. The van der Waals surface area contributed by atoms with E-state index in [2.05, 4.69) is 14.9 Å². The summed E-state index contributed by atoms with van der Waals surface area (Å²) in [7, 11) is 0. The molecular formula is C19H20N4O2S. The monoisotopic (exact) mass is 368 g/mol. The second kappa shape index (κ2) is 7.88. The lowest BCUT2D eigenvalue weighted by Gasteiger charge is -2.34. The summed E-state index contributed by atoms with van der Waals surface area (Å²) in [5.74, 6) is 0.498. The number of fused-ring (bicyclic) bond motifs is 1. The van der Waals surface area contributed by atoms with Gasteiger partial charge in [0.25, 0.3) is 5.22 Å². The summed E-state index contributed by atoms with van der Waals surface area (Å²) < 4.78 is 5.66. The average Bonchev–Trinajstić information content (AvgIpc) is 3.10. The second-order valence-corrected chi connectivity index (χ2v) is 7.18. The normalized spacial score (nSPS) is 15.5. The number of aromatic nitrogens is 2. The first-order chi connectivity index (χ1) is 12.8. The molecule has 1 fully saturated rings. The number of thioether (sulfide) groups is 1. The maximum atomic E-state index is 12.5. The molecule has 0 radical (unpaired) electrons. The van der Waals surface area contributed by atoms with Crippen LogP contribution in [0.4, 0.5) is 0 Å². The van der Waals surface area contributed by atoms with E-state index in [9.17, 15) is 4.79 Å². The maximum Gasteiger partial charge on any atom is 0.257 e. The van der Waals surface area contributed by atoms with Gasteiger partial charge in [-0.15, -0.1) is 0 Å². The Labute approximate surface area is 156 Å². The molecule has 134 valence electrons. The van der Waals surface area contributed by atoms with E-state index in [4.69, 9.17) is 4.42 Å². The summed E-state index contributed by atoms with van der Waals surface area (Å²) in [6, 6.07) is 11.7. The number of benzene rings is 1. The maximum absolute atomic E-state index is 12.5. The van der Waals surface area contributed by atoms with E-state index in [-0.39, 0.29) is 5.91 Å². The number of oxazole rings is 1. The zero-order valence-corrected chi connectivity index (χ0v) is 15.2. The molecular weight excluding hydrogens is 348 g/mol. The van der Waals surface area contributed by atoms with E-state index in [0.29, 0.717) is 11.0 Å². The fourth-order valence-corrected chi connectivity index (χ4v) is 3.77. The molecule has 4 rings (SSSR count). The SMILES string of the molecule is O=C(CSc1nc2ccccc2o1)N1CCN(Cc2ccncc2)CC1. The fourth-order valence-electron chi connectivity index (χ4n) is 3.03. The Hall–Kier alpha value is -2.38. The molecule has 0 saturated carbocycles. The van der Waals surface area contributed by atoms with Crippen molar-refractivity contribution in [3.8, 4) is 0 Å². The van der Waals surface area contributed by atoms with Crippen LogP contribution < -0.4 is 0 Å². The van der Waals surface area contributed by atoms with Crippen LogP contribution in [0.2, 0.25) is 0 Å². The molecule has 3 heterocycles. The van der Waals surface area contributed by atoms with Gasteiger partial charge in [-0.25, -0.2) is 4.98 Å². The minimum atomic E-state index is 0.140. The highest BCUT2D eigenvalue weighted by Gasteiger charge is 2.21. The van der Waals surface area contributed by atoms with Gasteiger partial charge < -0.3 is 9.32 Å². The topological polar surface area (TPSA) is 62.5 Å². The summed E-state index contributed by atoms with van der Waals surface area (Å²) >= 11 is 1.36. The lowest BCUT2D eigenvalue weighted by molar-refractivity contribution is -0.130. The number of piperazine rings is 1.